The van der Waals surface area contributed by atoms with E-state index in [1.54, 1.807) is 24.5 Å². The van der Waals surface area contributed by atoms with Crippen molar-refractivity contribution < 1.29 is 13.2 Å². The van der Waals surface area contributed by atoms with E-state index in [1.807, 2.05) is 26.0 Å². The highest BCUT2D eigenvalue weighted by molar-refractivity contribution is 8.02. The molecule has 10 heteroatoms. The monoisotopic (exact) mass is 476 g/mol. The van der Waals surface area contributed by atoms with Crippen LogP contribution in [0.5, 0.6) is 0 Å². The van der Waals surface area contributed by atoms with E-state index in [4.69, 9.17) is 16.9 Å². The van der Waals surface area contributed by atoms with E-state index >= 15 is 0 Å². The van der Waals surface area contributed by atoms with Crippen LogP contribution in [0.1, 0.15) is 29.3 Å². The first kappa shape index (κ1) is 23.1. The SMILES string of the molecule is CSc1sc(C(=N)N)cc1S(=O)(=O)C1=CCC(C)C(c2ccc(NC(N)=O)cc2C)=C1. The molecule has 1 aromatic heterocycles. The summed E-state index contributed by atoms with van der Waals surface area (Å²) >= 11 is 2.53. The lowest BCUT2D eigenvalue weighted by molar-refractivity contribution is 0.259. The minimum absolute atomic E-state index is 0.128. The number of primary amides is 1. The topological polar surface area (TPSA) is 139 Å². The first-order chi connectivity index (χ1) is 14.5. The summed E-state index contributed by atoms with van der Waals surface area (Å²) in [7, 11) is -3.77. The van der Waals surface area contributed by atoms with Gasteiger partial charge in [0.05, 0.1) is 18.9 Å². The zero-order chi connectivity index (χ0) is 22.9. The predicted octanol–water partition coefficient (Wildman–Crippen LogP) is 4.33. The molecule has 31 heavy (non-hydrogen) atoms. The second kappa shape index (κ2) is 8.89. The van der Waals surface area contributed by atoms with Crippen LogP contribution in [0.4, 0.5) is 10.5 Å². The summed E-state index contributed by atoms with van der Waals surface area (Å²) in [6.45, 7) is 3.96. The highest BCUT2D eigenvalue weighted by Crippen LogP contribution is 2.41. The van der Waals surface area contributed by atoms with Gasteiger partial charge in [-0.1, -0.05) is 19.1 Å². The normalized spacial score (nSPS) is 16.4. The van der Waals surface area contributed by atoms with Gasteiger partial charge in [-0.2, -0.15) is 0 Å². The Kier molecular flexibility index (Phi) is 6.63. The van der Waals surface area contributed by atoms with Crippen LogP contribution in [-0.4, -0.2) is 26.5 Å². The Morgan fingerprint density at radius 1 is 1.29 bits per heavy atom. The number of thiophene rings is 1. The lowest BCUT2D eigenvalue weighted by atomic mass is 9.86. The average Bonchev–Trinajstić information content (AvgIpc) is 3.14. The van der Waals surface area contributed by atoms with Gasteiger partial charge in [0.2, 0.25) is 9.84 Å². The molecular formula is C21H24N4O3S3. The van der Waals surface area contributed by atoms with Gasteiger partial charge in [0.25, 0.3) is 0 Å². The number of rotatable bonds is 6. The molecule has 0 saturated carbocycles. The number of allylic oxidation sites excluding steroid dienone is 3. The molecule has 0 bridgehead atoms. The first-order valence-electron chi connectivity index (χ1n) is 9.41. The minimum Gasteiger partial charge on any atom is -0.383 e. The number of carbonyl (C=O) groups excluding carboxylic acids is 1. The Morgan fingerprint density at radius 2 is 2.00 bits per heavy atom. The summed E-state index contributed by atoms with van der Waals surface area (Å²) in [5.41, 5.74) is 14.1. The van der Waals surface area contributed by atoms with Crippen LogP contribution in [-0.2, 0) is 9.84 Å². The van der Waals surface area contributed by atoms with E-state index in [2.05, 4.69) is 5.32 Å². The molecule has 1 aliphatic rings. The zero-order valence-corrected chi connectivity index (χ0v) is 19.8. The highest BCUT2D eigenvalue weighted by Gasteiger charge is 2.29. The molecule has 0 fully saturated rings. The molecule has 7 nitrogen and oxygen atoms in total. The number of benzene rings is 1. The van der Waals surface area contributed by atoms with E-state index < -0.39 is 15.9 Å². The van der Waals surface area contributed by atoms with Crippen LogP contribution in [0.15, 0.2) is 50.4 Å². The molecule has 1 aliphatic carbocycles. The van der Waals surface area contributed by atoms with Gasteiger partial charge in [0.1, 0.15) is 5.84 Å². The van der Waals surface area contributed by atoms with Crippen LogP contribution in [0.2, 0.25) is 0 Å². The second-order valence-electron chi connectivity index (χ2n) is 7.25. The fraction of sp³-hybridized carbons (Fsp3) is 0.238. The smallest absolute Gasteiger partial charge is 0.316 e. The van der Waals surface area contributed by atoms with Crippen LogP contribution in [0.3, 0.4) is 0 Å². The molecule has 0 spiro atoms. The van der Waals surface area contributed by atoms with Gasteiger partial charge < -0.3 is 16.8 Å². The van der Waals surface area contributed by atoms with Gasteiger partial charge in [0, 0.05) is 5.69 Å². The highest BCUT2D eigenvalue weighted by atomic mass is 32.2. The summed E-state index contributed by atoms with van der Waals surface area (Å²) in [5, 5.41) is 10.2. The summed E-state index contributed by atoms with van der Waals surface area (Å²) in [6, 6.07) is 6.26. The van der Waals surface area contributed by atoms with E-state index in [9.17, 15) is 13.2 Å². The number of aryl methyl sites for hydroxylation is 1. The molecule has 0 aliphatic heterocycles. The number of urea groups is 1. The van der Waals surface area contributed by atoms with Crippen molar-refractivity contribution in [1.29, 1.82) is 5.41 Å². The third-order valence-corrected chi connectivity index (χ3v) is 9.39. The third kappa shape index (κ3) is 4.70. The Balaban J connectivity index is 2.05. The maximum absolute atomic E-state index is 13.5. The average molecular weight is 477 g/mol. The number of sulfone groups is 1. The van der Waals surface area contributed by atoms with Gasteiger partial charge in [0.15, 0.2) is 0 Å². The Labute approximate surface area is 190 Å². The number of hydrogen-bond acceptors (Lipinski definition) is 6. The largest absolute Gasteiger partial charge is 0.383 e. The molecule has 2 amide bonds. The number of carbonyl (C=O) groups is 1. The van der Waals surface area contributed by atoms with Crippen LogP contribution < -0.4 is 16.8 Å². The molecule has 1 aromatic carbocycles. The molecule has 1 atom stereocenters. The maximum Gasteiger partial charge on any atom is 0.316 e. The van der Waals surface area contributed by atoms with Gasteiger partial charge in [-0.05, 0) is 66.5 Å². The second-order valence-corrected chi connectivity index (χ2v) is 11.3. The number of amides is 2. The van der Waals surface area contributed by atoms with E-state index in [-0.39, 0.29) is 21.6 Å². The van der Waals surface area contributed by atoms with Crippen LogP contribution in [0, 0.1) is 18.3 Å². The summed E-state index contributed by atoms with van der Waals surface area (Å²) in [6.07, 6.45) is 5.86. The molecule has 2 aromatic rings. The van der Waals surface area contributed by atoms with Crippen molar-refractivity contribution in [3.05, 3.63) is 57.3 Å². The van der Waals surface area contributed by atoms with E-state index in [1.165, 1.54) is 29.2 Å². The van der Waals surface area contributed by atoms with Crippen LogP contribution >= 0.6 is 23.1 Å². The molecular weight excluding hydrogens is 452 g/mol. The standard InChI is InChI=1S/C21H24N4O3S3/c1-11-4-6-14(31(27,28)18-10-17(19(22)23)30-20(18)29-3)9-16(11)15-7-5-13(8-12(15)2)25-21(24)26/h5-11H,4H2,1-3H3,(H3,22,23)(H3,24,25,26). The van der Waals surface area contributed by atoms with Crippen molar-refractivity contribution in [3.63, 3.8) is 0 Å². The lowest BCUT2D eigenvalue weighted by Gasteiger charge is -2.22. The van der Waals surface area contributed by atoms with Crippen molar-refractivity contribution in [2.75, 3.05) is 11.6 Å². The maximum atomic E-state index is 13.5. The Morgan fingerprint density at radius 3 is 2.58 bits per heavy atom. The number of nitrogens with two attached hydrogens (primary N) is 2. The van der Waals surface area contributed by atoms with E-state index in [0.29, 0.717) is 21.2 Å². The number of amidine groups is 1. The first-order valence-corrected chi connectivity index (χ1v) is 12.9. The number of nitrogen functional groups attached to an aromatic ring is 1. The van der Waals surface area contributed by atoms with Crippen molar-refractivity contribution in [2.24, 2.45) is 17.4 Å². The summed E-state index contributed by atoms with van der Waals surface area (Å²) < 4.78 is 27.5. The van der Waals surface area contributed by atoms with Gasteiger partial charge in [-0.25, -0.2) is 13.2 Å². The number of thioether (sulfide) groups is 1. The summed E-state index contributed by atoms with van der Waals surface area (Å²) in [5.74, 6) is -0.0209. The minimum atomic E-state index is -3.77. The van der Waals surface area contributed by atoms with Crippen molar-refractivity contribution in [2.45, 2.75) is 29.4 Å². The fourth-order valence-electron chi connectivity index (χ4n) is 3.46. The number of hydrogen-bond donors (Lipinski definition) is 4. The zero-order valence-electron chi connectivity index (χ0n) is 17.4. The lowest BCUT2D eigenvalue weighted by Crippen LogP contribution is -2.19. The molecule has 1 heterocycles. The summed E-state index contributed by atoms with van der Waals surface area (Å²) in [4.78, 5) is 12.0. The van der Waals surface area contributed by atoms with Crippen molar-refractivity contribution in [3.8, 4) is 0 Å². The molecule has 164 valence electrons. The third-order valence-electron chi connectivity index (χ3n) is 5.02. The predicted molar refractivity (Wildman–Crippen MR) is 129 cm³/mol. The van der Waals surface area contributed by atoms with Gasteiger partial charge >= 0.3 is 6.03 Å². The van der Waals surface area contributed by atoms with Crippen LogP contribution in [0.25, 0.3) is 5.57 Å². The van der Waals surface area contributed by atoms with E-state index in [0.717, 1.165) is 16.7 Å². The molecule has 0 radical (unpaired) electrons. The van der Waals surface area contributed by atoms with Crippen molar-refractivity contribution in [1.82, 2.24) is 0 Å². The quantitative estimate of drug-likeness (QED) is 0.279. The molecule has 3 rings (SSSR count). The number of anilines is 1. The molecule has 1 unspecified atom stereocenters. The van der Waals surface area contributed by atoms with Gasteiger partial charge in [-0.3, -0.25) is 5.41 Å². The molecule has 6 N–H and O–H groups in total. The Bertz CT molecular complexity index is 1230. The van der Waals surface area contributed by atoms with Gasteiger partial charge in [-0.15, -0.1) is 23.1 Å². The van der Waals surface area contributed by atoms with Crippen molar-refractivity contribution >= 4 is 56.1 Å². The number of nitrogens with one attached hydrogen (secondary N) is 2. The molecule has 0 saturated heterocycles. The fourth-order valence-corrected chi connectivity index (χ4v) is 7.42. The Hall–Kier alpha value is -2.56.